The Morgan fingerprint density at radius 1 is 1.21 bits per heavy atom. The Labute approximate surface area is 117 Å². The van der Waals surface area contributed by atoms with Crippen LogP contribution in [0, 0.1) is 0 Å². The lowest BCUT2D eigenvalue weighted by Crippen LogP contribution is -2.33. The molecule has 0 unspecified atom stereocenters. The van der Waals surface area contributed by atoms with Gasteiger partial charge in [0.2, 0.25) is 0 Å². The monoisotopic (exact) mass is 274 g/mol. The first-order chi connectivity index (χ1) is 9.27. The number of amides is 1. The molecule has 0 aliphatic carbocycles. The molecule has 0 bridgehead atoms. The maximum atomic E-state index is 12.0. The third-order valence-electron chi connectivity index (χ3n) is 2.87. The molecule has 0 saturated carbocycles. The van der Waals surface area contributed by atoms with Gasteiger partial charge in [0, 0.05) is 26.7 Å². The van der Waals surface area contributed by atoms with Gasteiger partial charge in [-0.25, -0.2) is 0 Å². The van der Waals surface area contributed by atoms with Crippen LogP contribution in [-0.2, 0) is 6.54 Å². The van der Waals surface area contributed by atoms with Crippen molar-refractivity contribution in [1.82, 2.24) is 10.2 Å². The van der Waals surface area contributed by atoms with Crippen LogP contribution in [0.15, 0.2) is 47.8 Å². The van der Waals surface area contributed by atoms with Crippen LogP contribution in [0.4, 0.5) is 0 Å². The number of hydrogen-bond donors (Lipinski definition) is 1. The highest BCUT2D eigenvalue weighted by Crippen LogP contribution is 2.10. The summed E-state index contributed by atoms with van der Waals surface area (Å²) in [6.07, 6.45) is 0. The summed E-state index contributed by atoms with van der Waals surface area (Å²) in [5.74, 6) is 0.0940. The maximum Gasteiger partial charge on any atom is 0.263 e. The zero-order valence-electron chi connectivity index (χ0n) is 11.0. The lowest BCUT2D eigenvalue weighted by molar-refractivity contribution is 0.0801. The molecular weight excluding hydrogens is 256 g/mol. The fourth-order valence-electron chi connectivity index (χ4n) is 1.77. The molecule has 1 heterocycles. The van der Waals surface area contributed by atoms with Crippen LogP contribution in [0.3, 0.4) is 0 Å². The molecule has 0 aliphatic rings. The molecule has 100 valence electrons. The smallest absolute Gasteiger partial charge is 0.263 e. The van der Waals surface area contributed by atoms with Crippen LogP contribution in [0.5, 0.6) is 0 Å². The van der Waals surface area contributed by atoms with Crippen LogP contribution in [0.25, 0.3) is 0 Å². The van der Waals surface area contributed by atoms with E-state index in [1.54, 1.807) is 4.90 Å². The largest absolute Gasteiger partial charge is 0.340 e. The van der Waals surface area contributed by atoms with Crippen molar-refractivity contribution in [2.45, 2.75) is 6.54 Å². The molecule has 0 fully saturated rings. The van der Waals surface area contributed by atoms with Crippen LogP contribution < -0.4 is 5.32 Å². The van der Waals surface area contributed by atoms with E-state index in [1.807, 2.05) is 42.8 Å². The lowest BCUT2D eigenvalue weighted by Gasteiger charge is -2.16. The summed E-state index contributed by atoms with van der Waals surface area (Å²) < 4.78 is 0. The summed E-state index contributed by atoms with van der Waals surface area (Å²) >= 11 is 1.48. The van der Waals surface area contributed by atoms with Gasteiger partial charge in [-0.05, 0) is 17.0 Å². The fourth-order valence-corrected chi connectivity index (χ4v) is 2.48. The molecule has 0 aliphatic heterocycles. The zero-order valence-corrected chi connectivity index (χ0v) is 11.8. The molecule has 0 spiro atoms. The zero-order chi connectivity index (χ0) is 13.5. The second-order valence-electron chi connectivity index (χ2n) is 4.37. The maximum absolute atomic E-state index is 12.0. The number of carbonyl (C=O) groups excluding carboxylic acids is 1. The van der Waals surface area contributed by atoms with Gasteiger partial charge in [0.1, 0.15) is 0 Å². The molecule has 0 atom stereocenters. The SMILES string of the molecule is CN(CCNCc1ccccc1)C(=O)c1cccs1. The van der Waals surface area contributed by atoms with Gasteiger partial charge >= 0.3 is 0 Å². The molecule has 1 aromatic carbocycles. The molecule has 19 heavy (non-hydrogen) atoms. The number of rotatable bonds is 6. The van der Waals surface area contributed by atoms with E-state index in [2.05, 4.69) is 17.4 Å². The van der Waals surface area contributed by atoms with Crippen LogP contribution in [0.2, 0.25) is 0 Å². The van der Waals surface area contributed by atoms with E-state index in [4.69, 9.17) is 0 Å². The van der Waals surface area contributed by atoms with Gasteiger partial charge in [-0.1, -0.05) is 36.4 Å². The Morgan fingerprint density at radius 2 is 2.00 bits per heavy atom. The minimum atomic E-state index is 0.0940. The third kappa shape index (κ3) is 4.19. The molecule has 1 amide bonds. The van der Waals surface area contributed by atoms with Crippen molar-refractivity contribution in [2.24, 2.45) is 0 Å². The number of carbonyl (C=O) groups is 1. The van der Waals surface area contributed by atoms with Crippen molar-refractivity contribution >= 4 is 17.2 Å². The van der Waals surface area contributed by atoms with Gasteiger partial charge in [0.05, 0.1) is 4.88 Å². The first-order valence-electron chi connectivity index (χ1n) is 6.31. The van der Waals surface area contributed by atoms with E-state index in [0.29, 0.717) is 6.54 Å². The van der Waals surface area contributed by atoms with E-state index < -0.39 is 0 Å². The van der Waals surface area contributed by atoms with E-state index in [0.717, 1.165) is 18.0 Å². The number of likely N-dealkylation sites (N-methyl/N-ethyl adjacent to an activating group) is 1. The van der Waals surface area contributed by atoms with Gasteiger partial charge in [0.15, 0.2) is 0 Å². The Morgan fingerprint density at radius 3 is 2.68 bits per heavy atom. The molecule has 0 saturated heterocycles. The molecule has 0 radical (unpaired) electrons. The van der Waals surface area contributed by atoms with E-state index in [-0.39, 0.29) is 5.91 Å². The van der Waals surface area contributed by atoms with Crippen molar-refractivity contribution in [2.75, 3.05) is 20.1 Å². The Hall–Kier alpha value is -1.65. The average Bonchev–Trinajstić information content (AvgIpc) is 2.98. The number of nitrogens with one attached hydrogen (secondary N) is 1. The first kappa shape index (κ1) is 13.8. The topological polar surface area (TPSA) is 32.3 Å². The van der Waals surface area contributed by atoms with Gasteiger partial charge in [-0.3, -0.25) is 4.79 Å². The summed E-state index contributed by atoms with van der Waals surface area (Å²) in [7, 11) is 1.84. The van der Waals surface area contributed by atoms with Crippen molar-refractivity contribution in [3.8, 4) is 0 Å². The van der Waals surface area contributed by atoms with Gasteiger partial charge in [-0.15, -0.1) is 11.3 Å². The highest BCUT2D eigenvalue weighted by Gasteiger charge is 2.11. The molecular formula is C15H18N2OS. The van der Waals surface area contributed by atoms with Crippen molar-refractivity contribution in [1.29, 1.82) is 0 Å². The summed E-state index contributed by atoms with van der Waals surface area (Å²) in [6.45, 7) is 2.34. The Kier molecular flexibility index (Phi) is 5.12. The fraction of sp³-hybridized carbons (Fsp3) is 0.267. The quantitative estimate of drug-likeness (QED) is 0.821. The van der Waals surface area contributed by atoms with Crippen molar-refractivity contribution in [3.05, 3.63) is 58.3 Å². The predicted molar refractivity (Wildman–Crippen MR) is 79.4 cm³/mol. The van der Waals surface area contributed by atoms with Gasteiger partial charge < -0.3 is 10.2 Å². The Bertz CT molecular complexity index is 496. The van der Waals surface area contributed by atoms with Gasteiger partial charge in [0.25, 0.3) is 5.91 Å². The molecule has 3 nitrogen and oxygen atoms in total. The highest BCUT2D eigenvalue weighted by atomic mass is 32.1. The second kappa shape index (κ2) is 7.07. The summed E-state index contributed by atoms with van der Waals surface area (Å²) in [4.78, 5) is 14.5. The normalized spacial score (nSPS) is 10.4. The van der Waals surface area contributed by atoms with E-state index in [9.17, 15) is 4.79 Å². The summed E-state index contributed by atoms with van der Waals surface area (Å²) in [5, 5.41) is 5.27. The predicted octanol–water partition coefficient (Wildman–Crippen LogP) is 2.61. The molecule has 2 rings (SSSR count). The first-order valence-corrected chi connectivity index (χ1v) is 7.19. The number of thiophene rings is 1. The lowest BCUT2D eigenvalue weighted by atomic mass is 10.2. The molecule has 1 aromatic heterocycles. The minimum absolute atomic E-state index is 0.0940. The van der Waals surface area contributed by atoms with Crippen molar-refractivity contribution in [3.63, 3.8) is 0 Å². The minimum Gasteiger partial charge on any atom is -0.340 e. The van der Waals surface area contributed by atoms with Crippen LogP contribution >= 0.6 is 11.3 Å². The number of benzene rings is 1. The second-order valence-corrected chi connectivity index (χ2v) is 5.31. The van der Waals surface area contributed by atoms with E-state index in [1.165, 1.54) is 16.9 Å². The standard InChI is InChI=1S/C15H18N2OS/c1-17(15(18)14-8-5-11-19-14)10-9-16-12-13-6-3-2-4-7-13/h2-8,11,16H,9-10,12H2,1H3. The highest BCUT2D eigenvalue weighted by molar-refractivity contribution is 7.12. The molecule has 1 N–H and O–H groups in total. The van der Waals surface area contributed by atoms with Crippen LogP contribution in [0.1, 0.15) is 15.2 Å². The summed E-state index contributed by atoms with van der Waals surface area (Å²) in [5.41, 5.74) is 1.26. The number of hydrogen-bond acceptors (Lipinski definition) is 3. The van der Waals surface area contributed by atoms with E-state index >= 15 is 0 Å². The van der Waals surface area contributed by atoms with Crippen molar-refractivity contribution < 1.29 is 4.79 Å². The molecule has 2 aromatic rings. The van der Waals surface area contributed by atoms with Crippen LogP contribution in [-0.4, -0.2) is 30.9 Å². The Balaban J connectivity index is 1.70. The summed E-state index contributed by atoms with van der Waals surface area (Å²) in [6, 6.07) is 14.0. The number of nitrogens with zero attached hydrogens (tertiary/aromatic N) is 1. The molecule has 4 heteroatoms. The van der Waals surface area contributed by atoms with Gasteiger partial charge in [-0.2, -0.15) is 0 Å². The average molecular weight is 274 g/mol. The third-order valence-corrected chi connectivity index (χ3v) is 3.73.